The number of rotatable bonds is 6. The molecule has 1 unspecified atom stereocenters. The summed E-state index contributed by atoms with van der Waals surface area (Å²) in [6.45, 7) is 2.53. The lowest BCUT2D eigenvalue weighted by Crippen LogP contribution is -2.43. The van der Waals surface area contributed by atoms with Crippen LogP contribution in [0.25, 0.3) is 0 Å². The average Bonchev–Trinajstić information content (AvgIpc) is 3.18. The van der Waals surface area contributed by atoms with Gasteiger partial charge >= 0.3 is 0 Å². The van der Waals surface area contributed by atoms with Crippen LogP contribution in [0.5, 0.6) is 0 Å². The van der Waals surface area contributed by atoms with E-state index >= 15 is 0 Å². The van der Waals surface area contributed by atoms with Crippen molar-refractivity contribution < 1.29 is 4.79 Å². The molecule has 1 aliphatic heterocycles. The van der Waals surface area contributed by atoms with Gasteiger partial charge < -0.3 is 9.80 Å². The smallest absolute Gasteiger partial charge is 0.227 e. The molecule has 1 amide bonds. The third-order valence-electron chi connectivity index (χ3n) is 6.24. The predicted molar refractivity (Wildman–Crippen MR) is 116 cm³/mol. The summed E-state index contributed by atoms with van der Waals surface area (Å²) in [5.74, 6) is 0.902. The Balaban J connectivity index is 1.47. The molecule has 1 heterocycles. The van der Waals surface area contributed by atoms with Gasteiger partial charge in [-0.15, -0.1) is 0 Å². The van der Waals surface area contributed by atoms with Crippen molar-refractivity contribution in [2.45, 2.75) is 38.1 Å². The van der Waals surface area contributed by atoms with Crippen molar-refractivity contribution in [2.75, 3.05) is 24.5 Å². The maximum absolute atomic E-state index is 12.8. The van der Waals surface area contributed by atoms with Crippen LogP contribution in [0.1, 0.15) is 36.8 Å². The Morgan fingerprint density at radius 3 is 2.62 bits per heavy atom. The molecular weight excluding hydrogens is 382 g/mol. The predicted octanol–water partition coefficient (Wildman–Crippen LogP) is 4.66. The number of likely N-dealkylation sites (tertiary alicyclic amines) is 1. The minimum Gasteiger partial charge on any atom is -0.366 e. The van der Waals surface area contributed by atoms with Crippen LogP contribution in [0.15, 0.2) is 48.5 Å². The Kier molecular flexibility index (Phi) is 6.06. The van der Waals surface area contributed by atoms with Gasteiger partial charge in [0, 0.05) is 31.4 Å². The molecule has 0 N–H and O–H groups in total. The fourth-order valence-electron chi connectivity index (χ4n) is 4.30. The van der Waals surface area contributed by atoms with E-state index < -0.39 is 0 Å². The molecule has 0 spiro atoms. The fourth-order valence-corrected chi connectivity index (χ4v) is 4.51. The molecule has 1 atom stereocenters. The van der Waals surface area contributed by atoms with E-state index in [1.54, 1.807) is 6.07 Å². The zero-order chi connectivity index (χ0) is 20.2. The Morgan fingerprint density at radius 2 is 1.97 bits per heavy atom. The summed E-state index contributed by atoms with van der Waals surface area (Å²) < 4.78 is 0. The molecule has 2 aromatic carbocycles. The van der Waals surface area contributed by atoms with Gasteiger partial charge in [0.15, 0.2) is 0 Å². The zero-order valence-corrected chi connectivity index (χ0v) is 17.3. The molecule has 29 heavy (non-hydrogen) atoms. The summed E-state index contributed by atoms with van der Waals surface area (Å²) in [5, 5.41) is 9.68. The highest BCUT2D eigenvalue weighted by Gasteiger charge is 2.33. The van der Waals surface area contributed by atoms with E-state index in [4.69, 9.17) is 11.6 Å². The highest BCUT2D eigenvalue weighted by atomic mass is 35.5. The zero-order valence-electron chi connectivity index (χ0n) is 16.6. The van der Waals surface area contributed by atoms with E-state index in [-0.39, 0.29) is 5.91 Å². The first kappa shape index (κ1) is 19.8. The number of hydrogen-bond acceptors (Lipinski definition) is 3. The standard InChI is InChI=1S/C24H26ClN3O/c25-23-14-21(10-9-20(23)15-26)28(16-19-7-4-8-19)22-11-12-27(17-22)24(29)13-18-5-2-1-3-6-18/h1-3,5-6,9-10,14,19,22H,4,7-8,11-13,16-17H2. The first-order valence-corrected chi connectivity index (χ1v) is 10.8. The Hall–Kier alpha value is -2.51. The first-order valence-electron chi connectivity index (χ1n) is 10.4. The Bertz CT molecular complexity index is 904. The highest BCUT2D eigenvalue weighted by Crippen LogP contribution is 2.33. The van der Waals surface area contributed by atoms with Crippen LogP contribution in [-0.4, -0.2) is 36.5 Å². The topological polar surface area (TPSA) is 47.3 Å². The van der Waals surface area contributed by atoms with Gasteiger partial charge in [-0.05, 0) is 48.9 Å². The van der Waals surface area contributed by atoms with Gasteiger partial charge in [0.1, 0.15) is 6.07 Å². The summed E-state index contributed by atoms with van der Waals surface area (Å²) in [6.07, 6.45) is 5.26. The monoisotopic (exact) mass is 407 g/mol. The minimum absolute atomic E-state index is 0.195. The van der Waals surface area contributed by atoms with Gasteiger partial charge in [-0.1, -0.05) is 48.4 Å². The summed E-state index contributed by atoms with van der Waals surface area (Å²) in [4.78, 5) is 17.2. The van der Waals surface area contributed by atoms with E-state index in [0.717, 1.165) is 37.3 Å². The van der Waals surface area contributed by atoms with E-state index in [2.05, 4.69) is 11.0 Å². The number of anilines is 1. The van der Waals surface area contributed by atoms with Crippen molar-refractivity contribution in [3.63, 3.8) is 0 Å². The van der Waals surface area contributed by atoms with Crippen molar-refractivity contribution in [3.8, 4) is 6.07 Å². The number of carbonyl (C=O) groups is 1. The lowest BCUT2D eigenvalue weighted by atomic mass is 9.84. The van der Waals surface area contributed by atoms with Crippen molar-refractivity contribution >= 4 is 23.2 Å². The molecule has 1 aliphatic carbocycles. The summed E-state index contributed by atoms with van der Waals surface area (Å²) >= 11 is 6.32. The second-order valence-electron chi connectivity index (χ2n) is 8.17. The van der Waals surface area contributed by atoms with Crippen LogP contribution >= 0.6 is 11.6 Å². The van der Waals surface area contributed by atoms with Gasteiger partial charge in [-0.3, -0.25) is 4.79 Å². The molecule has 4 rings (SSSR count). The van der Waals surface area contributed by atoms with E-state index in [1.807, 2.05) is 47.4 Å². The second-order valence-corrected chi connectivity index (χ2v) is 8.58. The highest BCUT2D eigenvalue weighted by molar-refractivity contribution is 6.32. The third-order valence-corrected chi connectivity index (χ3v) is 6.55. The molecule has 150 valence electrons. The number of hydrogen-bond donors (Lipinski definition) is 0. The molecule has 1 saturated heterocycles. The van der Waals surface area contributed by atoms with Gasteiger partial charge in [-0.25, -0.2) is 0 Å². The SMILES string of the molecule is N#Cc1ccc(N(CC2CCC2)C2CCN(C(=O)Cc3ccccc3)C2)cc1Cl. The molecule has 2 aliphatic rings. The van der Waals surface area contributed by atoms with Crippen LogP contribution in [0.4, 0.5) is 5.69 Å². The van der Waals surface area contributed by atoms with Crippen molar-refractivity contribution in [1.82, 2.24) is 4.90 Å². The van der Waals surface area contributed by atoms with Crippen LogP contribution in [-0.2, 0) is 11.2 Å². The molecular formula is C24H26ClN3O. The molecule has 0 bridgehead atoms. The van der Waals surface area contributed by atoms with Crippen LogP contribution in [0.3, 0.4) is 0 Å². The minimum atomic E-state index is 0.195. The Morgan fingerprint density at radius 1 is 1.17 bits per heavy atom. The van der Waals surface area contributed by atoms with Crippen LogP contribution in [0.2, 0.25) is 5.02 Å². The quantitative estimate of drug-likeness (QED) is 0.699. The number of nitrogens with zero attached hydrogens (tertiary/aromatic N) is 3. The number of amides is 1. The van der Waals surface area contributed by atoms with Gasteiger partial charge in [0.25, 0.3) is 0 Å². The second kappa shape index (κ2) is 8.88. The first-order chi connectivity index (χ1) is 14.1. The maximum Gasteiger partial charge on any atom is 0.227 e. The molecule has 0 radical (unpaired) electrons. The maximum atomic E-state index is 12.8. The number of carbonyl (C=O) groups excluding carboxylic acids is 1. The van der Waals surface area contributed by atoms with Crippen LogP contribution in [0, 0.1) is 17.2 Å². The molecule has 4 nitrogen and oxygen atoms in total. The normalized spacial score (nSPS) is 18.9. The number of nitriles is 1. The lowest BCUT2D eigenvalue weighted by Gasteiger charge is -2.37. The number of benzene rings is 2. The average molecular weight is 408 g/mol. The van der Waals surface area contributed by atoms with E-state index in [1.165, 1.54) is 19.3 Å². The summed E-state index contributed by atoms with van der Waals surface area (Å²) in [7, 11) is 0. The fraction of sp³-hybridized carbons (Fsp3) is 0.417. The van der Waals surface area contributed by atoms with Gasteiger partial charge in [0.2, 0.25) is 5.91 Å². The molecule has 2 aromatic rings. The van der Waals surface area contributed by atoms with Crippen LogP contribution < -0.4 is 4.90 Å². The number of halogens is 1. The molecule has 5 heteroatoms. The summed E-state index contributed by atoms with van der Waals surface area (Å²) in [5.41, 5.74) is 2.62. The third kappa shape index (κ3) is 4.57. The van der Waals surface area contributed by atoms with Crippen molar-refractivity contribution in [1.29, 1.82) is 5.26 Å². The lowest BCUT2D eigenvalue weighted by molar-refractivity contribution is -0.129. The molecule has 1 saturated carbocycles. The molecule has 0 aromatic heterocycles. The van der Waals surface area contributed by atoms with Crippen molar-refractivity contribution in [2.24, 2.45) is 5.92 Å². The van der Waals surface area contributed by atoms with Crippen molar-refractivity contribution in [3.05, 3.63) is 64.7 Å². The van der Waals surface area contributed by atoms with E-state index in [9.17, 15) is 10.1 Å². The largest absolute Gasteiger partial charge is 0.366 e. The van der Waals surface area contributed by atoms with E-state index in [0.29, 0.717) is 29.0 Å². The Labute approximate surface area is 177 Å². The van der Waals surface area contributed by atoms with Gasteiger partial charge in [0.05, 0.1) is 17.0 Å². The van der Waals surface area contributed by atoms with Gasteiger partial charge in [-0.2, -0.15) is 5.26 Å². The summed E-state index contributed by atoms with van der Waals surface area (Å²) in [6, 6.07) is 18.1. The molecule has 2 fully saturated rings.